The summed E-state index contributed by atoms with van der Waals surface area (Å²) in [4.78, 5) is 66.9. The van der Waals surface area contributed by atoms with Gasteiger partial charge in [-0.25, -0.2) is 14.4 Å². The highest BCUT2D eigenvalue weighted by Gasteiger charge is 2.33. The molecule has 0 N–H and O–H groups in total. The maximum atomic E-state index is 12.4. The number of carbonyl (C=O) groups is 3. The normalized spacial score (nSPS) is 13.4. The van der Waals surface area contributed by atoms with Crippen molar-refractivity contribution in [2.24, 2.45) is 16.2 Å². The van der Waals surface area contributed by atoms with Crippen LogP contribution in [0, 0.1) is 16.2 Å². The van der Waals surface area contributed by atoms with E-state index in [1.54, 1.807) is 41.5 Å². The SMILES string of the molecule is CC(C)(C)CC(C)(C)OOC(=O)OCC(COC(=O)OOC(C)(C)CC(C)(C)C)OC(=O)OOC(C)(C)CC(C)(C)C. The average molecular weight is 609 g/mol. The zero-order valence-corrected chi connectivity index (χ0v) is 28.5. The van der Waals surface area contributed by atoms with E-state index in [0.29, 0.717) is 19.3 Å². The Morgan fingerprint density at radius 2 is 0.714 bits per heavy atom. The van der Waals surface area contributed by atoms with Crippen LogP contribution in [0.15, 0.2) is 0 Å². The molecule has 0 rings (SSSR count). The third kappa shape index (κ3) is 22.3. The highest BCUT2D eigenvalue weighted by Crippen LogP contribution is 2.31. The summed E-state index contributed by atoms with van der Waals surface area (Å²) in [6, 6.07) is 0. The van der Waals surface area contributed by atoms with Gasteiger partial charge < -0.3 is 14.2 Å². The first-order valence-corrected chi connectivity index (χ1v) is 14.2. The fourth-order valence-electron chi connectivity index (χ4n) is 5.00. The lowest BCUT2D eigenvalue weighted by Crippen LogP contribution is -2.35. The minimum atomic E-state index is -1.31. The molecule has 0 aliphatic rings. The van der Waals surface area contributed by atoms with Crippen LogP contribution in [0.25, 0.3) is 0 Å². The molecule has 0 spiro atoms. The van der Waals surface area contributed by atoms with E-state index in [2.05, 4.69) is 0 Å². The standard InChI is InChI=1S/C30H56O12/c1-25(2,3)18-28(10,11)40-37-22(31)34-16-21(36-24(33)39-42-30(14,15)20-27(7,8)9)17-35-23(32)38-41-29(12,13)19-26(4,5)6/h21H,16-20H2,1-15H3. The van der Waals surface area contributed by atoms with Crippen molar-refractivity contribution < 1.29 is 57.9 Å². The fourth-order valence-corrected chi connectivity index (χ4v) is 5.00. The molecule has 0 unspecified atom stereocenters. The summed E-state index contributed by atoms with van der Waals surface area (Å²) in [6.45, 7) is 27.6. The van der Waals surface area contributed by atoms with E-state index in [1.165, 1.54) is 0 Å². The first kappa shape index (κ1) is 39.7. The number of hydrogen-bond donors (Lipinski definition) is 0. The van der Waals surface area contributed by atoms with E-state index in [-0.39, 0.29) is 16.2 Å². The van der Waals surface area contributed by atoms with Crippen molar-refractivity contribution in [3.63, 3.8) is 0 Å². The summed E-state index contributed by atoms with van der Waals surface area (Å²) in [5.74, 6) is 0. The van der Waals surface area contributed by atoms with Crippen molar-refractivity contribution in [3.05, 3.63) is 0 Å². The van der Waals surface area contributed by atoms with E-state index in [0.717, 1.165) is 0 Å². The molecule has 248 valence electrons. The number of hydrogen-bond acceptors (Lipinski definition) is 12. The second-order valence-corrected chi connectivity index (χ2v) is 16.1. The Balaban J connectivity index is 5.17. The Bertz CT molecular complexity index is 809. The molecule has 12 heteroatoms. The third-order valence-corrected chi connectivity index (χ3v) is 4.91. The van der Waals surface area contributed by atoms with Crippen molar-refractivity contribution in [2.75, 3.05) is 13.2 Å². The lowest BCUT2D eigenvalue weighted by atomic mass is 9.84. The first-order chi connectivity index (χ1) is 18.6. The quantitative estimate of drug-likeness (QED) is 0.0813. The van der Waals surface area contributed by atoms with Crippen LogP contribution in [0.4, 0.5) is 14.4 Å². The highest BCUT2D eigenvalue weighted by atomic mass is 17.2. The van der Waals surface area contributed by atoms with Crippen LogP contribution < -0.4 is 0 Å². The van der Waals surface area contributed by atoms with Gasteiger partial charge in [-0.15, -0.1) is 0 Å². The summed E-state index contributed by atoms with van der Waals surface area (Å²) in [5, 5.41) is 0. The summed E-state index contributed by atoms with van der Waals surface area (Å²) in [7, 11) is 0. The highest BCUT2D eigenvalue weighted by molar-refractivity contribution is 5.61. The molecule has 0 aromatic rings. The van der Waals surface area contributed by atoms with E-state index in [9.17, 15) is 14.4 Å². The van der Waals surface area contributed by atoms with Gasteiger partial charge in [-0.1, -0.05) is 62.3 Å². The van der Waals surface area contributed by atoms with Gasteiger partial charge in [0.15, 0.2) is 6.10 Å². The van der Waals surface area contributed by atoms with E-state index >= 15 is 0 Å². The minimum absolute atomic E-state index is 0.0861. The van der Waals surface area contributed by atoms with Crippen molar-refractivity contribution in [1.29, 1.82) is 0 Å². The topological polar surface area (TPSA) is 134 Å². The van der Waals surface area contributed by atoms with Crippen molar-refractivity contribution >= 4 is 18.5 Å². The van der Waals surface area contributed by atoms with Crippen molar-refractivity contribution in [2.45, 2.75) is 146 Å². The number of rotatable bonds is 14. The van der Waals surface area contributed by atoms with E-state index in [1.807, 2.05) is 62.3 Å². The van der Waals surface area contributed by atoms with Crippen LogP contribution in [0.5, 0.6) is 0 Å². The van der Waals surface area contributed by atoms with Gasteiger partial charge in [-0.3, -0.25) is 14.7 Å². The van der Waals surface area contributed by atoms with Crippen LogP contribution >= 0.6 is 0 Å². The largest absolute Gasteiger partial charge is 0.540 e. The summed E-state index contributed by atoms with van der Waals surface area (Å²) in [5.41, 5.74) is -2.67. The fraction of sp³-hybridized carbons (Fsp3) is 0.900. The minimum Gasteiger partial charge on any atom is -0.428 e. The van der Waals surface area contributed by atoms with Gasteiger partial charge in [-0.05, 0) is 77.0 Å². The van der Waals surface area contributed by atoms with Gasteiger partial charge in [0.1, 0.15) is 30.0 Å². The summed E-state index contributed by atoms with van der Waals surface area (Å²) in [6.07, 6.45) is -3.18. The first-order valence-electron chi connectivity index (χ1n) is 14.2. The predicted octanol–water partition coefficient (Wildman–Crippen LogP) is 8.25. The summed E-state index contributed by atoms with van der Waals surface area (Å²) >= 11 is 0. The zero-order chi connectivity index (χ0) is 33.2. The Morgan fingerprint density at radius 1 is 0.452 bits per heavy atom. The third-order valence-electron chi connectivity index (χ3n) is 4.91. The van der Waals surface area contributed by atoms with Gasteiger partial charge in [0.25, 0.3) is 0 Å². The Hall–Kier alpha value is -2.31. The molecular formula is C30H56O12. The zero-order valence-electron chi connectivity index (χ0n) is 28.5. The Labute approximate surface area is 252 Å². The number of carbonyl (C=O) groups excluding carboxylic acids is 3. The van der Waals surface area contributed by atoms with Crippen LogP contribution in [-0.4, -0.2) is 54.6 Å². The lowest BCUT2D eigenvalue weighted by Gasteiger charge is -2.30. The molecule has 0 bridgehead atoms. The molecule has 0 amide bonds. The van der Waals surface area contributed by atoms with Crippen molar-refractivity contribution in [3.8, 4) is 0 Å². The van der Waals surface area contributed by atoms with Crippen LogP contribution in [0.1, 0.15) is 123 Å². The Kier molecular flexibility index (Phi) is 14.6. The van der Waals surface area contributed by atoms with Gasteiger partial charge in [0, 0.05) is 0 Å². The molecule has 0 radical (unpaired) electrons. The second-order valence-electron chi connectivity index (χ2n) is 16.1. The molecule has 0 atom stereocenters. The molecule has 0 aliphatic heterocycles. The molecule has 0 heterocycles. The molecule has 0 saturated heterocycles. The van der Waals surface area contributed by atoms with Gasteiger partial charge in [0.2, 0.25) is 0 Å². The smallest absolute Gasteiger partial charge is 0.428 e. The molecular weight excluding hydrogens is 552 g/mol. The molecule has 0 aliphatic carbocycles. The van der Waals surface area contributed by atoms with Crippen LogP contribution in [-0.2, 0) is 43.5 Å². The molecule has 12 nitrogen and oxygen atoms in total. The monoisotopic (exact) mass is 608 g/mol. The van der Waals surface area contributed by atoms with Crippen molar-refractivity contribution in [1.82, 2.24) is 0 Å². The van der Waals surface area contributed by atoms with Gasteiger partial charge >= 0.3 is 18.5 Å². The maximum absolute atomic E-state index is 12.4. The maximum Gasteiger partial charge on any atom is 0.540 e. The van der Waals surface area contributed by atoms with Crippen LogP contribution in [0.2, 0.25) is 0 Å². The summed E-state index contributed by atoms with van der Waals surface area (Å²) < 4.78 is 15.2. The van der Waals surface area contributed by atoms with Gasteiger partial charge in [-0.2, -0.15) is 14.7 Å². The number of ether oxygens (including phenoxy) is 3. The van der Waals surface area contributed by atoms with Gasteiger partial charge in [0.05, 0.1) is 0 Å². The van der Waals surface area contributed by atoms with E-state index < -0.39 is 54.6 Å². The molecule has 42 heavy (non-hydrogen) atoms. The average Bonchev–Trinajstić information content (AvgIpc) is 2.72. The second kappa shape index (κ2) is 15.4. The van der Waals surface area contributed by atoms with E-state index in [4.69, 9.17) is 43.5 Å². The molecule has 0 fully saturated rings. The van der Waals surface area contributed by atoms with Crippen LogP contribution in [0.3, 0.4) is 0 Å². The lowest BCUT2D eigenvalue weighted by molar-refractivity contribution is -0.329. The molecule has 0 aromatic heterocycles. The Morgan fingerprint density at radius 3 is 0.976 bits per heavy atom. The molecule has 0 aromatic carbocycles. The predicted molar refractivity (Wildman–Crippen MR) is 154 cm³/mol. The molecule has 0 saturated carbocycles.